The van der Waals surface area contributed by atoms with Crippen LogP contribution >= 0.6 is 23.4 Å². The molecule has 1 unspecified atom stereocenters. The third-order valence-corrected chi connectivity index (χ3v) is 4.86. The van der Waals surface area contributed by atoms with Crippen LogP contribution in [0, 0.1) is 6.92 Å². The molecule has 1 saturated heterocycles. The maximum absolute atomic E-state index is 12.2. The van der Waals surface area contributed by atoms with Crippen LogP contribution in [0.3, 0.4) is 0 Å². The summed E-state index contributed by atoms with van der Waals surface area (Å²) in [7, 11) is 0. The normalized spacial score (nSPS) is 23.7. The maximum Gasteiger partial charge on any atom is 0.240 e. The van der Waals surface area contributed by atoms with Gasteiger partial charge in [-0.3, -0.25) is 4.79 Å². The number of thioether (sulfide) groups is 1. The molecular weight excluding hydrogens is 256 g/mol. The van der Waals surface area contributed by atoms with Crippen molar-refractivity contribution < 1.29 is 4.79 Å². The van der Waals surface area contributed by atoms with Crippen LogP contribution in [-0.2, 0) is 4.79 Å². The fourth-order valence-electron chi connectivity index (χ4n) is 1.88. The van der Waals surface area contributed by atoms with E-state index in [-0.39, 0.29) is 10.7 Å². The van der Waals surface area contributed by atoms with E-state index in [4.69, 9.17) is 11.6 Å². The molecule has 0 bridgehead atoms. The number of hydrogen-bond donors (Lipinski definition) is 1. The average molecular weight is 271 g/mol. The molecule has 0 spiro atoms. The zero-order valence-electron chi connectivity index (χ0n) is 9.92. The molecule has 2 heterocycles. The van der Waals surface area contributed by atoms with Crippen molar-refractivity contribution in [1.29, 1.82) is 0 Å². The molecule has 0 aromatic carbocycles. The summed E-state index contributed by atoms with van der Waals surface area (Å²) in [6.45, 7) is 3.90. The van der Waals surface area contributed by atoms with Crippen LogP contribution in [0.4, 0.5) is 5.69 Å². The van der Waals surface area contributed by atoms with Gasteiger partial charge in [-0.25, -0.2) is 4.98 Å². The smallest absolute Gasteiger partial charge is 0.240 e. The van der Waals surface area contributed by atoms with Crippen LogP contribution in [0.5, 0.6) is 0 Å². The van der Waals surface area contributed by atoms with Crippen molar-refractivity contribution in [3.05, 3.63) is 23.0 Å². The molecular formula is C12H15ClN2OS. The van der Waals surface area contributed by atoms with Gasteiger partial charge in [-0.15, -0.1) is 11.8 Å². The molecule has 1 aliphatic heterocycles. The number of aryl methyl sites for hydroxylation is 1. The number of anilines is 1. The van der Waals surface area contributed by atoms with E-state index >= 15 is 0 Å². The zero-order chi connectivity index (χ0) is 12.5. The Morgan fingerprint density at radius 2 is 2.41 bits per heavy atom. The molecule has 0 aliphatic carbocycles. The number of hydrogen-bond acceptors (Lipinski definition) is 3. The first-order valence-corrected chi connectivity index (χ1v) is 6.96. The summed E-state index contributed by atoms with van der Waals surface area (Å²) in [6.07, 6.45) is 3.65. The summed E-state index contributed by atoms with van der Waals surface area (Å²) in [4.78, 5) is 16.2. The third kappa shape index (κ3) is 2.58. The van der Waals surface area contributed by atoms with Crippen molar-refractivity contribution in [3.8, 4) is 0 Å². The molecule has 1 N–H and O–H groups in total. The minimum absolute atomic E-state index is 0.0259. The molecule has 1 aromatic heterocycles. The molecule has 2 rings (SSSR count). The van der Waals surface area contributed by atoms with E-state index in [2.05, 4.69) is 10.3 Å². The second-order valence-corrected chi connectivity index (χ2v) is 6.39. The van der Waals surface area contributed by atoms with Crippen LogP contribution in [0.1, 0.15) is 25.3 Å². The second kappa shape index (κ2) is 4.86. The highest BCUT2D eigenvalue weighted by Gasteiger charge is 2.37. The van der Waals surface area contributed by atoms with Crippen LogP contribution in [0.25, 0.3) is 0 Å². The molecule has 0 saturated carbocycles. The minimum atomic E-state index is -0.328. The number of nitrogens with zero attached hydrogens (tertiary/aromatic N) is 1. The van der Waals surface area contributed by atoms with Gasteiger partial charge in [0.1, 0.15) is 0 Å². The summed E-state index contributed by atoms with van der Waals surface area (Å²) >= 11 is 7.70. The van der Waals surface area contributed by atoms with Crippen molar-refractivity contribution in [2.45, 2.75) is 31.4 Å². The summed E-state index contributed by atoms with van der Waals surface area (Å²) in [5, 5.41) is 3.26. The lowest BCUT2D eigenvalue weighted by Crippen LogP contribution is -2.35. The fourth-order valence-corrected chi connectivity index (χ4v) is 3.34. The van der Waals surface area contributed by atoms with E-state index < -0.39 is 0 Å². The molecule has 1 atom stereocenters. The van der Waals surface area contributed by atoms with E-state index in [0.29, 0.717) is 10.8 Å². The molecule has 0 radical (unpaired) electrons. The lowest BCUT2D eigenvalue weighted by Gasteiger charge is -2.22. The Labute approximate surface area is 110 Å². The van der Waals surface area contributed by atoms with Crippen molar-refractivity contribution in [2.24, 2.45) is 0 Å². The molecule has 1 aliphatic rings. The maximum atomic E-state index is 12.2. The van der Waals surface area contributed by atoms with Crippen molar-refractivity contribution >= 4 is 35.0 Å². The number of rotatable bonds is 2. The highest BCUT2D eigenvalue weighted by molar-refractivity contribution is 8.01. The molecule has 1 fully saturated rings. The van der Waals surface area contributed by atoms with Crippen molar-refractivity contribution in [1.82, 2.24) is 4.98 Å². The number of nitrogens with one attached hydrogen (secondary N) is 1. The first-order valence-electron chi connectivity index (χ1n) is 5.59. The van der Waals surface area contributed by atoms with Gasteiger partial charge < -0.3 is 5.32 Å². The van der Waals surface area contributed by atoms with Crippen LogP contribution in [-0.4, -0.2) is 21.4 Å². The average Bonchev–Trinajstić information content (AvgIpc) is 2.72. The standard InChI is InChI=1S/C12H15ClN2OS/c1-8-4-6-14-10(13)9(8)15-11(16)12(2)5-3-7-17-12/h4,6H,3,5,7H2,1-2H3,(H,15,16). The third-order valence-electron chi connectivity index (χ3n) is 3.05. The summed E-state index contributed by atoms with van der Waals surface area (Å²) in [6, 6.07) is 1.84. The fraction of sp³-hybridized carbons (Fsp3) is 0.500. The molecule has 92 valence electrons. The lowest BCUT2D eigenvalue weighted by atomic mass is 10.0. The first kappa shape index (κ1) is 12.7. The number of pyridine rings is 1. The Kier molecular flexibility index (Phi) is 3.64. The molecule has 17 heavy (non-hydrogen) atoms. The van der Waals surface area contributed by atoms with Gasteiger partial charge in [-0.2, -0.15) is 0 Å². The summed E-state index contributed by atoms with van der Waals surface area (Å²) in [5.74, 6) is 1.07. The summed E-state index contributed by atoms with van der Waals surface area (Å²) in [5.41, 5.74) is 1.57. The topological polar surface area (TPSA) is 42.0 Å². The minimum Gasteiger partial charge on any atom is -0.322 e. The Bertz CT molecular complexity index is 424. The van der Waals surface area contributed by atoms with Crippen molar-refractivity contribution in [2.75, 3.05) is 11.1 Å². The van der Waals surface area contributed by atoms with E-state index in [1.54, 1.807) is 18.0 Å². The Morgan fingerprint density at radius 1 is 1.65 bits per heavy atom. The van der Waals surface area contributed by atoms with E-state index in [0.717, 1.165) is 24.2 Å². The van der Waals surface area contributed by atoms with Gasteiger partial charge in [0.25, 0.3) is 0 Å². The number of carbonyl (C=O) groups excluding carboxylic acids is 1. The monoisotopic (exact) mass is 270 g/mol. The van der Waals surface area contributed by atoms with E-state index in [9.17, 15) is 4.79 Å². The molecule has 3 nitrogen and oxygen atoms in total. The van der Waals surface area contributed by atoms with Gasteiger partial charge in [-0.05, 0) is 44.1 Å². The zero-order valence-corrected chi connectivity index (χ0v) is 11.5. The molecule has 1 aromatic rings. The van der Waals surface area contributed by atoms with E-state index in [1.807, 2.05) is 19.9 Å². The Balaban J connectivity index is 2.18. The number of halogens is 1. The first-order chi connectivity index (χ1) is 8.03. The quantitative estimate of drug-likeness (QED) is 0.839. The van der Waals surface area contributed by atoms with Gasteiger partial charge in [0.2, 0.25) is 5.91 Å². The van der Waals surface area contributed by atoms with Gasteiger partial charge in [0, 0.05) is 6.20 Å². The van der Waals surface area contributed by atoms with Crippen LogP contribution in [0.2, 0.25) is 5.15 Å². The molecule has 5 heteroatoms. The largest absolute Gasteiger partial charge is 0.322 e. The van der Waals surface area contributed by atoms with Gasteiger partial charge in [0.05, 0.1) is 10.4 Å². The van der Waals surface area contributed by atoms with E-state index in [1.165, 1.54) is 0 Å². The van der Waals surface area contributed by atoms with Gasteiger partial charge >= 0.3 is 0 Å². The molecule has 1 amide bonds. The highest BCUT2D eigenvalue weighted by atomic mass is 35.5. The Hall–Kier alpha value is -0.740. The number of carbonyl (C=O) groups is 1. The van der Waals surface area contributed by atoms with Crippen LogP contribution < -0.4 is 5.32 Å². The van der Waals surface area contributed by atoms with Crippen molar-refractivity contribution in [3.63, 3.8) is 0 Å². The SMILES string of the molecule is Cc1ccnc(Cl)c1NC(=O)C1(C)CCCS1. The van der Waals surface area contributed by atoms with Gasteiger partial charge in [0.15, 0.2) is 5.15 Å². The highest BCUT2D eigenvalue weighted by Crippen LogP contribution is 2.39. The predicted molar refractivity (Wildman–Crippen MR) is 72.7 cm³/mol. The van der Waals surface area contributed by atoms with Crippen LogP contribution in [0.15, 0.2) is 12.3 Å². The summed E-state index contributed by atoms with van der Waals surface area (Å²) < 4.78 is -0.328. The lowest BCUT2D eigenvalue weighted by molar-refractivity contribution is -0.118. The second-order valence-electron chi connectivity index (χ2n) is 4.43. The number of amides is 1. The number of aromatic nitrogens is 1. The van der Waals surface area contributed by atoms with Gasteiger partial charge in [-0.1, -0.05) is 11.6 Å². The Morgan fingerprint density at radius 3 is 3.00 bits per heavy atom. The predicted octanol–water partition coefficient (Wildman–Crippen LogP) is 3.27.